The molecular formula is C28H31Cl2N3O5S. The third-order valence-corrected chi connectivity index (χ3v) is 8.40. The van der Waals surface area contributed by atoms with Gasteiger partial charge in [-0.2, -0.15) is 0 Å². The SMILES string of the molecule is CCNC(=O)[C@@H](C)N(Cc1cccc(OC)c1)C(=O)CN(c1cc(Cl)ccc1Cl)S(=O)(=O)c1ccc(C)cc1. The van der Waals surface area contributed by atoms with Crippen molar-refractivity contribution in [2.24, 2.45) is 0 Å². The molecule has 1 atom stereocenters. The Morgan fingerprint density at radius 1 is 1.03 bits per heavy atom. The smallest absolute Gasteiger partial charge is 0.264 e. The first-order valence-electron chi connectivity index (χ1n) is 12.2. The van der Waals surface area contributed by atoms with Crippen molar-refractivity contribution in [1.82, 2.24) is 10.2 Å². The van der Waals surface area contributed by atoms with Gasteiger partial charge < -0.3 is 15.0 Å². The van der Waals surface area contributed by atoms with E-state index >= 15 is 0 Å². The summed E-state index contributed by atoms with van der Waals surface area (Å²) in [4.78, 5) is 28.0. The molecule has 8 nitrogen and oxygen atoms in total. The molecule has 1 N–H and O–H groups in total. The second-order valence-electron chi connectivity index (χ2n) is 8.86. The summed E-state index contributed by atoms with van der Waals surface area (Å²) in [6.45, 7) is 4.99. The standard InChI is InChI=1S/C28H31Cl2N3O5S/c1-5-31-28(35)20(3)32(17-21-7-6-8-23(15-21)38-4)27(34)18-33(26-16-22(29)11-14-25(26)30)39(36,37)24-12-9-19(2)10-13-24/h6-16,20H,5,17-18H2,1-4H3,(H,31,35)/t20-/m1/s1. The van der Waals surface area contributed by atoms with Crippen LogP contribution in [0.3, 0.4) is 0 Å². The van der Waals surface area contributed by atoms with Crippen LogP contribution in [0.4, 0.5) is 5.69 Å². The number of anilines is 1. The number of likely N-dealkylation sites (N-methyl/N-ethyl adjacent to an activating group) is 1. The van der Waals surface area contributed by atoms with Gasteiger partial charge in [-0.1, -0.05) is 53.0 Å². The number of aryl methyl sites for hydroxylation is 1. The molecule has 39 heavy (non-hydrogen) atoms. The van der Waals surface area contributed by atoms with Gasteiger partial charge in [-0.15, -0.1) is 0 Å². The van der Waals surface area contributed by atoms with Crippen LogP contribution in [-0.2, 0) is 26.2 Å². The Bertz CT molecular complexity index is 1430. The topological polar surface area (TPSA) is 96.0 Å². The van der Waals surface area contributed by atoms with Crippen LogP contribution < -0.4 is 14.4 Å². The van der Waals surface area contributed by atoms with Gasteiger partial charge in [-0.05, 0) is 68.8 Å². The summed E-state index contributed by atoms with van der Waals surface area (Å²) in [6, 6.07) is 16.8. The van der Waals surface area contributed by atoms with Gasteiger partial charge in [0, 0.05) is 18.1 Å². The van der Waals surface area contributed by atoms with E-state index < -0.39 is 28.5 Å². The summed E-state index contributed by atoms with van der Waals surface area (Å²) in [5, 5.41) is 3.07. The van der Waals surface area contributed by atoms with Crippen LogP contribution in [0.15, 0.2) is 71.6 Å². The molecule has 3 rings (SSSR count). The van der Waals surface area contributed by atoms with E-state index in [1.54, 1.807) is 50.2 Å². The molecule has 11 heteroatoms. The molecule has 0 bridgehead atoms. The monoisotopic (exact) mass is 591 g/mol. The Balaban J connectivity index is 2.08. The molecular weight excluding hydrogens is 561 g/mol. The molecule has 3 aromatic carbocycles. The molecule has 208 valence electrons. The maximum absolute atomic E-state index is 13.9. The molecule has 0 unspecified atom stereocenters. The molecule has 0 fully saturated rings. The number of benzene rings is 3. The van der Waals surface area contributed by atoms with E-state index in [4.69, 9.17) is 27.9 Å². The van der Waals surface area contributed by atoms with Crippen molar-refractivity contribution in [3.8, 4) is 5.75 Å². The Morgan fingerprint density at radius 2 is 1.72 bits per heavy atom. The van der Waals surface area contributed by atoms with Gasteiger partial charge in [0.25, 0.3) is 10.0 Å². The van der Waals surface area contributed by atoms with Gasteiger partial charge in [-0.25, -0.2) is 8.42 Å². The minimum absolute atomic E-state index is 0.0203. The normalized spacial score (nSPS) is 11.9. The highest BCUT2D eigenvalue weighted by Crippen LogP contribution is 2.33. The van der Waals surface area contributed by atoms with Crippen LogP contribution in [0.2, 0.25) is 10.0 Å². The van der Waals surface area contributed by atoms with E-state index in [0.717, 1.165) is 9.87 Å². The maximum atomic E-state index is 13.9. The first-order chi connectivity index (χ1) is 18.5. The average Bonchev–Trinajstić information content (AvgIpc) is 2.91. The molecule has 0 aromatic heterocycles. The van der Waals surface area contributed by atoms with Gasteiger partial charge in [0.15, 0.2) is 0 Å². The number of halogens is 2. The first-order valence-corrected chi connectivity index (χ1v) is 14.4. The van der Waals surface area contributed by atoms with Crippen molar-refractivity contribution in [1.29, 1.82) is 0 Å². The second-order valence-corrected chi connectivity index (χ2v) is 11.6. The van der Waals surface area contributed by atoms with Gasteiger partial charge in [0.2, 0.25) is 11.8 Å². The summed E-state index contributed by atoms with van der Waals surface area (Å²) < 4.78 is 34.0. The molecule has 0 radical (unpaired) electrons. The third kappa shape index (κ3) is 7.44. The molecule has 0 spiro atoms. The fraction of sp³-hybridized carbons (Fsp3) is 0.286. The van der Waals surface area contributed by atoms with Crippen molar-refractivity contribution < 1.29 is 22.7 Å². The molecule has 0 aliphatic heterocycles. The van der Waals surface area contributed by atoms with Gasteiger partial charge in [0.05, 0.1) is 22.7 Å². The third-order valence-electron chi connectivity index (χ3n) is 6.07. The molecule has 0 heterocycles. The van der Waals surface area contributed by atoms with Crippen molar-refractivity contribution in [3.63, 3.8) is 0 Å². The highest BCUT2D eigenvalue weighted by molar-refractivity contribution is 7.92. The number of nitrogens with one attached hydrogen (secondary N) is 1. The number of rotatable bonds is 11. The Labute approximate surface area is 239 Å². The number of sulfonamides is 1. The van der Waals surface area contributed by atoms with E-state index in [1.807, 2.05) is 6.92 Å². The van der Waals surface area contributed by atoms with Crippen LogP contribution in [0.25, 0.3) is 0 Å². The molecule has 2 amide bonds. The van der Waals surface area contributed by atoms with E-state index in [9.17, 15) is 18.0 Å². The largest absolute Gasteiger partial charge is 0.497 e. The number of carbonyl (C=O) groups excluding carboxylic acids is 2. The minimum atomic E-state index is -4.26. The Kier molecular flexibility index (Phi) is 10.2. The average molecular weight is 593 g/mol. The second kappa shape index (κ2) is 13.2. The van der Waals surface area contributed by atoms with Crippen LogP contribution >= 0.6 is 23.2 Å². The number of ether oxygens (including phenoxy) is 1. The van der Waals surface area contributed by atoms with Crippen LogP contribution in [-0.4, -0.2) is 51.4 Å². The number of nitrogens with zero attached hydrogens (tertiary/aromatic N) is 2. The van der Waals surface area contributed by atoms with E-state index in [2.05, 4.69) is 5.32 Å². The number of hydrogen-bond donors (Lipinski definition) is 1. The lowest BCUT2D eigenvalue weighted by atomic mass is 10.1. The number of hydrogen-bond acceptors (Lipinski definition) is 5. The summed E-state index contributed by atoms with van der Waals surface area (Å²) in [7, 11) is -2.73. The van der Waals surface area contributed by atoms with Crippen LogP contribution in [0.1, 0.15) is 25.0 Å². The van der Waals surface area contributed by atoms with Gasteiger partial charge >= 0.3 is 0 Å². The Hall–Kier alpha value is -3.27. The maximum Gasteiger partial charge on any atom is 0.264 e. The first kappa shape index (κ1) is 30.3. The lowest BCUT2D eigenvalue weighted by Gasteiger charge is -2.32. The van der Waals surface area contributed by atoms with E-state index in [1.165, 1.54) is 42.3 Å². The number of amides is 2. The quantitative estimate of drug-likeness (QED) is 0.336. The molecule has 0 aliphatic rings. The zero-order valence-corrected chi connectivity index (χ0v) is 24.5. The van der Waals surface area contributed by atoms with Gasteiger partial charge in [0.1, 0.15) is 18.3 Å². The van der Waals surface area contributed by atoms with E-state index in [0.29, 0.717) is 17.9 Å². The predicted octanol–water partition coefficient (Wildman–Crippen LogP) is 5.06. The number of carbonyl (C=O) groups is 2. The molecule has 0 saturated heterocycles. The van der Waals surface area contributed by atoms with Crippen molar-refractivity contribution in [3.05, 3.63) is 87.9 Å². The lowest BCUT2D eigenvalue weighted by Crippen LogP contribution is -2.51. The van der Waals surface area contributed by atoms with Crippen molar-refractivity contribution in [2.75, 3.05) is 24.5 Å². The summed E-state index contributed by atoms with van der Waals surface area (Å²) in [5.41, 5.74) is 1.62. The highest BCUT2D eigenvalue weighted by atomic mass is 35.5. The molecule has 3 aromatic rings. The zero-order chi connectivity index (χ0) is 28.7. The summed E-state index contributed by atoms with van der Waals surface area (Å²) >= 11 is 12.6. The predicted molar refractivity (Wildman–Crippen MR) is 154 cm³/mol. The highest BCUT2D eigenvalue weighted by Gasteiger charge is 2.33. The van der Waals surface area contributed by atoms with Crippen LogP contribution in [0.5, 0.6) is 5.75 Å². The van der Waals surface area contributed by atoms with Crippen molar-refractivity contribution >= 4 is 50.7 Å². The summed E-state index contributed by atoms with van der Waals surface area (Å²) in [6.07, 6.45) is 0. The lowest BCUT2D eigenvalue weighted by molar-refractivity contribution is -0.139. The van der Waals surface area contributed by atoms with Gasteiger partial charge in [-0.3, -0.25) is 13.9 Å². The fourth-order valence-electron chi connectivity index (χ4n) is 3.90. The molecule has 0 saturated carbocycles. The zero-order valence-electron chi connectivity index (χ0n) is 22.1. The summed E-state index contributed by atoms with van der Waals surface area (Å²) in [5.74, 6) is -0.398. The fourth-order valence-corrected chi connectivity index (χ4v) is 5.76. The van der Waals surface area contributed by atoms with E-state index in [-0.39, 0.29) is 33.1 Å². The van der Waals surface area contributed by atoms with Crippen molar-refractivity contribution in [2.45, 2.75) is 38.3 Å². The Morgan fingerprint density at radius 3 is 2.36 bits per heavy atom. The number of methoxy groups -OCH3 is 1. The minimum Gasteiger partial charge on any atom is -0.497 e. The van der Waals surface area contributed by atoms with Crippen LogP contribution in [0, 0.1) is 6.92 Å². The molecule has 0 aliphatic carbocycles.